The lowest BCUT2D eigenvalue weighted by molar-refractivity contribution is -0.115. The van der Waals surface area contributed by atoms with Crippen molar-refractivity contribution in [1.29, 1.82) is 5.26 Å². The Hall–Kier alpha value is -3.62. The number of nitrogens with one attached hydrogen (secondary N) is 1. The van der Waals surface area contributed by atoms with Gasteiger partial charge in [0.05, 0.1) is 27.2 Å². The second kappa shape index (κ2) is 11.2. The molecule has 2 amide bonds. The third-order valence-electron chi connectivity index (χ3n) is 4.93. The predicted octanol–water partition coefficient (Wildman–Crippen LogP) is 5.15. The molecule has 0 saturated carbocycles. The summed E-state index contributed by atoms with van der Waals surface area (Å²) in [4.78, 5) is 29.2. The SMILES string of the molecule is COc1cc(/C=C2\SC(=NC(=O)c3ccccc3)NC2=O)cc(I)c1OCc1ccccc1C#N. The molecule has 3 aromatic carbocycles. The van der Waals surface area contributed by atoms with Crippen molar-refractivity contribution in [1.82, 2.24) is 5.32 Å². The Balaban J connectivity index is 1.53. The second-order valence-corrected chi connectivity index (χ2v) is 9.44. The summed E-state index contributed by atoms with van der Waals surface area (Å²) >= 11 is 3.24. The van der Waals surface area contributed by atoms with E-state index >= 15 is 0 Å². The molecule has 0 unspecified atom stereocenters. The molecule has 7 nitrogen and oxygen atoms in total. The Morgan fingerprint density at radius 1 is 1.17 bits per heavy atom. The average Bonchev–Trinajstić information content (AvgIpc) is 3.21. The van der Waals surface area contributed by atoms with E-state index in [1.807, 2.05) is 24.3 Å². The first-order valence-corrected chi connectivity index (χ1v) is 12.3. The van der Waals surface area contributed by atoms with Gasteiger partial charge in [-0.25, -0.2) is 0 Å². The van der Waals surface area contributed by atoms with E-state index in [0.717, 1.165) is 26.5 Å². The van der Waals surface area contributed by atoms with Gasteiger partial charge in [0.15, 0.2) is 16.7 Å². The lowest BCUT2D eigenvalue weighted by Gasteiger charge is -2.14. The van der Waals surface area contributed by atoms with Crippen molar-refractivity contribution in [2.45, 2.75) is 6.61 Å². The van der Waals surface area contributed by atoms with Gasteiger partial charge in [0.2, 0.25) is 0 Å². The average molecular weight is 595 g/mol. The van der Waals surface area contributed by atoms with Crippen LogP contribution in [0.15, 0.2) is 76.6 Å². The van der Waals surface area contributed by atoms with Crippen molar-refractivity contribution >= 4 is 57.4 Å². The molecule has 174 valence electrons. The summed E-state index contributed by atoms with van der Waals surface area (Å²) in [7, 11) is 1.54. The largest absolute Gasteiger partial charge is 0.493 e. The van der Waals surface area contributed by atoms with Crippen LogP contribution in [0.25, 0.3) is 6.08 Å². The van der Waals surface area contributed by atoms with E-state index in [1.54, 1.807) is 48.5 Å². The summed E-state index contributed by atoms with van der Waals surface area (Å²) in [6.45, 7) is 0.212. The molecule has 35 heavy (non-hydrogen) atoms. The summed E-state index contributed by atoms with van der Waals surface area (Å²) in [5.74, 6) is 0.277. The first-order chi connectivity index (χ1) is 17.0. The molecule has 0 bridgehead atoms. The monoisotopic (exact) mass is 595 g/mol. The molecule has 0 aliphatic carbocycles. The van der Waals surface area contributed by atoms with Crippen LogP contribution in [0.4, 0.5) is 0 Å². The number of benzene rings is 3. The van der Waals surface area contributed by atoms with Crippen molar-refractivity contribution in [3.05, 3.63) is 97.5 Å². The highest BCUT2D eigenvalue weighted by atomic mass is 127. The number of halogens is 1. The maximum atomic E-state index is 12.5. The number of carbonyl (C=O) groups excluding carboxylic acids is 2. The number of amides is 2. The number of aliphatic imine (C=N–C) groups is 1. The molecule has 9 heteroatoms. The molecule has 0 radical (unpaired) electrons. The van der Waals surface area contributed by atoms with E-state index in [4.69, 9.17) is 9.47 Å². The van der Waals surface area contributed by atoms with Crippen LogP contribution in [-0.2, 0) is 11.4 Å². The van der Waals surface area contributed by atoms with Gasteiger partial charge in [-0.1, -0.05) is 36.4 Å². The van der Waals surface area contributed by atoms with Crippen molar-refractivity contribution in [3.8, 4) is 17.6 Å². The van der Waals surface area contributed by atoms with Crippen molar-refractivity contribution in [2.24, 2.45) is 4.99 Å². The van der Waals surface area contributed by atoms with Crippen molar-refractivity contribution in [3.63, 3.8) is 0 Å². The Morgan fingerprint density at radius 2 is 1.91 bits per heavy atom. The van der Waals surface area contributed by atoms with E-state index in [9.17, 15) is 14.9 Å². The normalized spacial score (nSPS) is 15.1. The standard InChI is InChI=1S/C26H18IN3O4S/c1-33-21-12-16(11-20(27)23(21)34-15-19-10-6-5-9-18(19)14-28)13-22-25(32)30-26(35-22)29-24(31)17-7-3-2-4-8-17/h2-13H,15H2,1H3,(H,29,30,31,32)/b22-13-. The molecular weight excluding hydrogens is 577 g/mol. The lowest BCUT2D eigenvalue weighted by atomic mass is 10.1. The van der Waals surface area contributed by atoms with Gasteiger partial charge in [-0.2, -0.15) is 10.3 Å². The number of amidine groups is 1. The van der Waals surface area contributed by atoms with Gasteiger partial charge >= 0.3 is 0 Å². The van der Waals surface area contributed by atoms with Gasteiger partial charge in [-0.05, 0) is 76.3 Å². The number of thioether (sulfide) groups is 1. The minimum absolute atomic E-state index is 0.212. The molecule has 1 aliphatic rings. The van der Waals surface area contributed by atoms with E-state index in [0.29, 0.717) is 27.5 Å². The summed E-state index contributed by atoms with van der Waals surface area (Å²) in [6.07, 6.45) is 1.70. The van der Waals surface area contributed by atoms with E-state index in [-0.39, 0.29) is 17.7 Å². The van der Waals surface area contributed by atoms with Crippen LogP contribution in [0, 0.1) is 14.9 Å². The number of carbonyl (C=O) groups is 2. The molecule has 0 aromatic heterocycles. The number of methoxy groups -OCH3 is 1. The fourth-order valence-electron chi connectivity index (χ4n) is 3.24. The smallest absolute Gasteiger partial charge is 0.279 e. The van der Waals surface area contributed by atoms with Gasteiger partial charge in [-0.15, -0.1) is 0 Å². The highest BCUT2D eigenvalue weighted by Gasteiger charge is 2.25. The van der Waals surface area contributed by atoms with Crippen LogP contribution in [0.2, 0.25) is 0 Å². The molecule has 1 fully saturated rings. The van der Waals surface area contributed by atoms with Crippen molar-refractivity contribution < 1.29 is 19.1 Å². The van der Waals surface area contributed by atoms with E-state index in [1.165, 1.54) is 7.11 Å². The van der Waals surface area contributed by atoms with Crippen LogP contribution in [0.3, 0.4) is 0 Å². The molecule has 1 aliphatic heterocycles. The Labute approximate surface area is 220 Å². The molecule has 4 rings (SSSR count). The van der Waals surface area contributed by atoms with Crippen LogP contribution >= 0.6 is 34.4 Å². The Kier molecular flexibility index (Phi) is 7.84. The number of rotatable bonds is 6. The van der Waals surface area contributed by atoms with E-state index in [2.05, 4.69) is 39.0 Å². The molecule has 1 heterocycles. The number of hydrogen-bond donors (Lipinski definition) is 1. The molecule has 3 aromatic rings. The summed E-state index contributed by atoms with van der Waals surface area (Å²) in [5.41, 5.74) is 2.49. The van der Waals surface area contributed by atoms with Crippen LogP contribution in [0.5, 0.6) is 11.5 Å². The summed E-state index contributed by atoms with van der Waals surface area (Å²) in [6, 6.07) is 21.7. The molecular formula is C26H18IN3O4S. The first kappa shape index (κ1) is 24.5. The zero-order valence-electron chi connectivity index (χ0n) is 18.4. The predicted molar refractivity (Wildman–Crippen MR) is 143 cm³/mol. The quantitative estimate of drug-likeness (QED) is 0.313. The minimum atomic E-state index is -0.426. The number of nitrogens with zero attached hydrogens (tertiary/aromatic N) is 2. The molecule has 0 spiro atoms. The van der Waals surface area contributed by atoms with Crippen LogP contribution < -0.4 is 14.8 Å². The van der Waals surface area contributed by atoms with Crippen LogP contribution in [-0.4, -0.2) is 24.1 Å². The maximum absolute atomic E-state index is 12.5. The topological polar surface area (TPSA) is 101 Å². The number of ether oxygens (including phenoxy) is 2. The summed E-state index contributed by atoms with van der Waals surface area (Å²) < 4.78 is 12.3. The zero-order chi connectivity index (χ0) is 24.8. The first-order valence-electron chi connectivity index (χ1n) is 10.4. The van der Waals surface area contributed by atoms with E-state index < -0.39 is 5.91 Å². The zero-order valence-corrected chi connectivity index (χ0v) is 21.4. The highest BCUT2D eigenvalue weighted by molar-refractivity contribution is 14.1. The Morgan fingerprint density at radius 3 is 2.66 bits per heavy atom. The fraction of sp³-hybridized carbons (Fsp3) is 0.0769. The Bertz CT molecular complexity index is 1400. The summed E-state index contributed by atoms with van der Waals surface area (Å²) in [5, 5.41) is 12.1. The third-order valence-corrected chi connectivity index (χ3v) is 6.65. The molecule has 1 saturated heterocycles. The second-order valence-electron chi connectivity index (χ2n) is 7.24. The van der Waals surface area contributed by atoms with Gasteiger partial charge < -0.3 is 14.8 Å². The highest BCUT2D eigenvalue weighted by Crippen LogP contribution is 2.36. The van der Waals surface area contributed by atoms with Crippen LogP contribution in [0.1, 0.15) is 27.0 Å². The maximum Gasteiger partial charge on any atom is 0.279 e. The van der Waals surface area contributed by atoms with Gasteiger partial charge in [-0.3, -0.25) is 9.59 Å². The lowest BCUT2D eigenvalue weighted by Crippen LogP contribution is -2.20. The number of nitriles is 1. The minimum Gasteiger partial charge on any atom is -0.493 e. The van der Waals surface area contributed by atoms with Gasteiger partial charge in [0.1, 0.15) is 6.61 Å². The molecule has 1 N–H and O–H groups in total. The third kappa shape index (κ3) is 5.90. The fourth-order valence-corrected chi connectivity index (χ4v) is 4.84. The van der Waals surface area contributed by atoms with Gasteiger partial charge in [0.25, 0.3) is 11.8 Å². The van der Waals surface area contributed by atoms with Gasteiger partial charge in [0, 0.05) is 11.1 Å². The number of hydrogen-bond acceptors (Lipinski definition) is 6. The molecule has 0 atom stereocenters. The van der Waals surface area contributed by atoms with Crippen molar-refractivity contribution in [2.75, 3.05) is 7.11 Å².